The summed E-state index contributed by atoms with van der Waals surface area (Å²) < 4.78 is 0. The summed E-state index contributed by atoms with van der Waals surface area (Å²) in [6.07, 6.45) is 3.82. The molecular formula is C18H21NO2. The smallest absolute Gasteiger partial charge is 0.320 e. The van der Waals surface area contributed by atoms with Crippen molar-refractivity contribution >= 4 is 16.7 Å². The first-order valence-corrected chi connectivity index (χ1v) is 7.69. The minimum Gasteiger partial charge on any atom is -0.480 e. The third-order valence-electron chi connectivity index (χ3n) is 4.42. The number of carboxylic acids is 1. The lowest BCUT2D eigenvalue weighted by Gasteiger charge is -2.20. The van der Waals surface area contributed by atoms with Gasteiger partial charge in [0.1, 0.15) is 6.04 Å². The molecule has 1 heterocycles. The van der Waals surface area contributed by atoms with Crippen molar-refractivity contribution in [2.45, 2.75) is 31.7 Å². The highest BCUT2D eigenvalue weighted by Gasteiger charge is 2.29. The molecule has 1 N–H and O–H groups in total. The van der Waals surface area contributed by atoms with E-state index in [2.05, 4.69) is 47.4 Å². The third-order valence-corrected chi connectivity index (χ3v) is 4.42. The number of benzene rings is 2. The topological polar surface area (TPSA) is 40.5 Å². The Bertz CT molecular complexity index is 633. The summed E-state index contributed by atoms with van der Waals surface area (Å²) in [5, 5.41) is 11.8. The van der Waals surface area contributed by atoms with Crippen LogP contribution in [0, 0.1) is 0 Å². The van der Waals surface area contributed by atoms with E-state index in [-0.39, 0.29) is 6.04 Å². The highest BCUT2D eigenvalue weighted by atomic mass is 16.4. The van der Waals surface area contributed by atoms with Crippen molar-refractivity contribution in [3.8, 4) is 0 Å². The number of aliphatic carboxylic acids is 1. The fourth-order valence-electron chi connectivity index (χ4n) is 3.36. The van der Waals surface area contributed by atoms with Crippen molar-refractivity contribution in [3.63, 3.8) is 0 Å². The van der Waals surface area contributed by atoms with Gasteiger partial charge in [-0.1, -0.05) is 42.5 Å². The Morgan fingerprint density at radius 2 is 2.00 bits per heavy atom. The molecule has 1 fully saturated rings. The summed E-state index contributed by atoms with van der Waals surface area (Å²) in [6.45, 7) is 1.80. The summed E-state index contributed by atoms with van der Waals surface area (Å²) >= 11 is 0. The quantitative estimate of drug-likeness (QED) is 0.915. The van der Waals surface area contributed by atoms with Crippen LogP contribution in [-0.4, -0.2) is 35.1 Å². The molecule has 1 aliphatic heterocycles. The predicted molar refractivity (Wildman–Crippen MR) is 84.5 cm³/mol. The van der Waals surface area contributed by atoms with E-state index in [1.807, 2.05) is 0 Å². The molecule has 0 saturated carbocycles. The van der Waals surface area contributed by atoms with E-state index in [1.54, 1.807) is 0 Å². The molecule has 0 bridgehead atoms. The number of rotatable bonds is 5. The van der Waals surface area contributed by atoms with E-state index in [9.17, 15) is 9.90 Å². The van der Waals surface area contributed by atoms with Crippen LogP contribution in [0.5, 0.6) is 0 Å². The zero-order valence-electron chi connectivity index (χ0n) is 12.2. The van der Waals surface area contributed by atoms with Crippen LogP contribution in [0.2, 0.25) is 0 Å². The molecule has 110 valence electrons. The molecule has 3 nitrogen and oxygen atoms in total. The molecule has 0 radical (unpaired) electrons. The molecule has 3 heteroatoms. The second kappa shape index (κ2) is 6.27. The Labute approximate surface area is 125 Å². The number of nitrogens with zero attached hydrogens (tertiary/aromatic N) is 1. The van der Waals surface area contributed by atoms with Gasteiger partial charge < -0.3 is 5.11 Å². The monoisotopic (exact) mass is 283 g/mol. The highest BCUT2D eigenvalue weighted by Crippen LogP contribution is 2.21. The predicted octanol–water partition coefficient (Wildman–Crippen LogP) is 3.32. The van der Waals surface area contributed by atoms with Gasteiger partial charge in [-0.25, -0.2) is 0 Å². The summed E-state index contributed by atoms with van der Waals surface area (Å²) in [6, 6.07) is 14.6. The second-order valence-corrected chi connectivity index (χ2v) is 5.77. The minimum atomic E-state index is -0.669. The normalized spacial score (nSPS) is 19.1. The molecule has 0 aromatic heterocycles. The van der Waals surface area contributed by atoms with Crippen molar-refractivity contribution < 1.29 is 9.90 Å². The molecule has 3 rings (SSSR count). The van der Waals surface area contributed by atoms with E-state index < -0.39 is 5.97 Å². The molecule has 1 saturated heterocycles. The van der Waals surface area contributed by atoms with Crippen molar-refractivity contribution in [1.82, 2.24) is 4.90 Å². The van der Waals surface area contributed by atoms with Crippen LogP contribution in [0.3, 0.4) is 0 Å². The summed E-state index contributed by atoms with van der Waals surface area (Å²) in [7, 11) is 0. The first-order valence-electron chi connectivity index (χ1n) is 7.69. The Morgan fingerprint density at radius 1 is 1.19 bits per heavy atom. The number of carbonyl (C=O) groups is 1. The Hall–Kier alpha value is -1.87. The number of aryl methyl sites for hydroxylation is 1. The largest absolute Gasteiger partial charge is 0.480 e. The average molecular weight is 283 g/mol. The number of carboxylic acid groups (broad SMARTS) is 1. The molecule has 0 amide bonds. The van der Waals surface area contributed by atoms with E-state index in [0.29, 0.717) is 0 Å². The standard InChI is InChI=1S/C18H21NO2/c20-18(21)17-11-5-13-19(17)12-4-9-15-8-3-7-14-6-1-2-10-16(14)15/h1-3,6-8,10,17H,4-5,9,11-13H2,(H,20,21)/t17-/m1/s1. The van der Waals surface area contributed by atoms with Gasteiger partial charge in [0.2, 0.25) is 0 Å². The lowest BCUT2D eigenvalue weighted by molar-refractivity contribution is -0.142. The molecule has 1 atom stereocenters. The SMILES string of the molecule is O=C(O)[C@H]1CCCN1CCCc1cccc2ccccc12. The molecule has 21 heavy (non-hydrogen) atoms. The first-order chi connectivity index (χ1) is 10.3. The van der Waals surface area contributed by atoms with Gasteiger partial charge in [0.05, 0.1) is 0 Å². The maximum atomic E-state index is 11.2. The summed E-state index contributed by atoms with van der Waals surface area (Å²) in [4.78, 5) is 13.3. The van der Waals surface area contributed by atoms with Gasteiger partial charge in [0, 0.05) is 0 Å². The molecule has 2 aromatic carbocycles. The van der Waals surface area contributed by atoms with Crippen LogP contribution in [0.1, 0.15) is 24.8 Å². The molecule has 2 aromatic rings. The number of hydrogen-bond acceptors (Lipinski definition) is 2. The number of hydrogen-bond donors (Lipinski definition) is 1. The van der Waals surface area contributed by atoms with Crippen LogP contribution in [0.4, 0.5) is 0 Å². The van der Waals surface area contributed by atoms with Crippen LogP contribution < -0.4 is 0 Å². The summed E-state index contributed by atoms with van der Waals surface area (Å²) in [5.74, 6) is -0.669. The van der Waals surface area contributed by atoms with Crippen LogP contribution in [-0.2, 0) is 11.2 Å². The average Bonchev–Trinajstić information content (AvgIpc) is 2.96. The molecule has 1 aliphatic rings. The van der Waals surface area contributed by atoms with Crippen LogP contribution >= 0.6 is 0 Å². The lowest BCUT2D eigenvalue weighted by Crippen LogP contribution is -2.36. The van der Waals surface area contributed by atoms with Crippen molar-refractivity contribution in [2.75, 3.05) is 13.1 Å². The van der Waals surface area contributed by atoms with Gasteiger partial charge in [0.25, 0.3) is 0 Å². The third kappa shape index (κ3) is 3.08. The maximum Gasteiger partial charge on any atom is 0.320 e. The van der Waals surface area contributed by atoms with E-state index >= 15 is 0 Å². The van der Waals surface area contributed by atoms with Crippen molar-refractivity contribution in [3.05, 3.63) is 48.0 Å². The Balaban J connectivity index is 1.63. The van der Waals surface area contributed by atoms with Crippen LogP contribution in [0.25, 0.3) is 10.8 Å². The molecule has 0 unspecified atom stereocenters. The second-order valence-electron chi connectivity index (χ2n) is 5.77. The van der Waals surface area contributed by atoms with Gasteiger partial charge in [-0.05, 0) is 55.1 Å². The first kappa shape index (κ1) is 14.1. The minimum absolute atomic E-state index is 0.266. The summed E-state index contributed by atoms with van der Waals surface area (Å²) in [5.41, 5.74) is 1.36. The van der Waals surface area contributed by atoms with Gasteiger partial charge in [-0.3, -0.25) is 9.69 Å². The zero-order chi connectivity index (χ0) is 14.7. The number of fused-ring (bicyclic) bond motifs is 1. The van der Waals surface area contributed by atoms with E-state index in [1.165, 1.54) is 16.3 Å². The van der Waals surface area contributed by atoms with Gasteiger partial charge in [-0.15, -0.1) is 0 Å². The van der Waals surface area contributed by atoms with Crippen molar-refractivity contribution in [1.29, 1.82) is 0 Å². The van der Waals surface area contributed by atoms with Gasteiger partial charge in [-0.2, -0.15) is 0 Å². The zero-order valence-corrected chi connectivity index (χ0v) is 12.2. The van der Waals surface area contributed by atoms with E-state index in [4.69, 9.17) is 0 Å². The van der Waals surface area contributed by atoms with Gasteiger partial charge in [0.15, 0.2) is 0 Å². The highest BCUT2D eigenvalue weighted by molar-refractivity contribution is 5.85. The molecule has 0 spiro atoms. The molecule has 0 aliphatic carbocycles. The van der Waals surface area contributed by atoms with Crippen molar-refractivity contribution in [2.24, 2.45) is 0 Å². The number of likely N-dealkylation sites (tertiary alicyclic amines) is 1. The van der Waals surface area contributed by atoms with Crippen LogP contribution in [0.15, 0.2) is 42.5 Å². The Morgan fingerprint density at radius 3 is 2.86 bits per heavy atom. The van der Waals surface area contributed by atoms with Gasteiger partial charge >= 0.3 is 5.97 Å². The fraction of sp³-hybridized carbons (Fsp3) is 0.389. The fourth-order valence-corrected chi connectivity index (χ4v) is 3.36. The lowest BCUT2D eigenvalue weighted by atomic mass is 10.0. The molecular weight excluding hydrogens is 262 g/mol. The van der Waals surface area contributed by atoms with E-state index in [0.717, 1.165) is 38.8 Å². The maximum absolute atomic E-state index is 11.2. The Kier molecular flexibility index (Phi) is 4.20.